The molecule has 13 heteroatoms. The Morgan fingerprint density at radius 1 is 1.44 bits per heavy atom. The zero-order chi connectivity index (χ0) is 18.8. The highest BCUT2D eigenvalue weighted by molar-refractivity contribution is 7.90. The van der Waals surface area contributed by atoms with Crippen molar-refractivity contribution >= 4 is 27.6 Å². The number of nitrogens with zero attached hydrogens (tertiary/aromatic N) is 2. The van der Waals surface area contributed by atoms with Crippen molar-refractivity contribution in [2.75, 3.05) is 6.61 Å². The number of esters is 1. The number of rotatable bonds is 7. The third-order valence-corrected chi connectivity index (χ3v) is 4.49. The van der Waals surface area contributed by atoms with Crippen LogP contribution >= 0.6 is 11.6 Å². The number of ether oxygens (including phenoxy) is 2. The molecule has 8 nitrogen and oxygen atoms in total. The van der Waals surface area contributed by atoms with E-state index in [1.165, 1.54) is 4.72 Å². The highest BCUT2D eigenvalue weighted by atomic mass is 35.5. The molecule has 1 saturated carbocycles. The van der Waals surface area contributed by atoms with Crippen molar-refractivity contribution in [1.29, 1.82) is 0 Å². The second-order valence-corrected chi connectivity index (χ2v) is 7.33. The number of sulfonamides is 1. The summed E-state index contributed by atoms with van der Waals surface area (Å²) in [5.74, 6) is -0.941. The molecule has 25 heavy (non-hydrogen) atoms. The maximum absolute atomic E-state index is 12.3. The summed E-state index contributed by atoms with van der Waals surface area (Å²) >= 11 is 5.75. The highest BCUT2D eigenvalue weighted by Crippen LogP contribution is 2.27. The van der Waals surface area contributed by atoms with E-state index in [2.05, 4.69) is 10.2 Å². The molecule has 1 heterocycles. The SMILES string of the molecule is CC(COc1cc(C(=O)OC2CC2)c(Cl)nn1)NS(=O)(=O)C(F)(F)F. The summed E-state index contributed by atoms with van der Waals surface area (Å²) in [4.78, 5) is 11.9. The van der Waals surface area contributed by atoms with Crippen LogP contribution in [0.2, 0.25) is 5.15 Å². The molecule has 1 atom stereocenters. The first kappa shape index (κ1) is 19.7. The average Bonchev–Trinajstić information content (AvgIpc) is 3.28. The fraction of sp³-hybridized carbons (Fsp3) is 0.583. The van der Waals surface area contributed by atoms with Crippen LogP contribution in [0.1, 0.15) is 30.1 Å². The molecule has 1 unspecified atom stereocenters. The standard InChI is InChI=1S/C12H13ClF3N3O5S/c1-6(19-25(21,22)12(14,15)16)5-23-9-4-8(10(13)18-17-9)11(20)24-7-2-3-7/h4,6-7,19H,2-3,5H2,1H3. The Hall–Kier alpha value is -1.66. The van der Waals surface area contributed by atoms with Crippen molar-refractivity contribution in [2.24, 2.45) is 0 Å². The van der Waals surface area contributed by atoms with E-state index in [9.17, 15) is 26.4 Å². The number of aromatic nitrogens is 2. The summed E-state index contributed by atoms with van der Waals surface area (Å²) in [6.07, 6.45) is 1.34. The molecule has 140 valence electrons. The fourth-order valence-electron chi connectivity index (χ4n) is 1.55. The fourth-order valence-corrected chi connectivity index (χ4v) is 2.45. The Balaban J connectivity index is 1.97. The van der Waals surface area contributed by atoms with Crippen LogP contribution in [0.3, 0.4) is 0 Å². The van der Waals surface area contributed by atoms with Crippen LogP contribution in [-0.2, 0) is 14.8 Å². The lowest BCUT2D eigenvalue weighted by Gasteiger charge is -2.16. The number of hydrogen-bond donors (Lipinski definition) is 1. The number of hydrogen-bond acceptors (Lipinski definition) is 7. The summed E-state index contributed by atoms with van der Waals surface area (Å²) in [6.45, 7) is 0.678. The Morgan fingerprint density at radius 2 is 2.08 bits per heavy atom. The topological polar surface area (TPSA) is 107 Å². The zero-order valence-electron chi connectivity index (χ0n) is 12.7. The van der Waals surface area contributed by atoms with Crippen LogP contribution in [0, 0.1) is 0 Å². The predicted octanol–water partition coefficient (Wildman–Crippen LogP) is 1.66. The molecular weight excluding hydrogens is 391 g/mol. The molecule has 1 aromatic rings. The second-order valence-electron chi connectivity index (χ2n) is 5.27. The van der Waals surface area contributed by atoms with Gasteiger partial charge in [0.15, 0.2) is 5.15 Å². The maximum atomic E-state index is 12.3. The van der Waals surface area contributed by atoms with Gasteiger partial charge in [-0.2, -0.15) is 13.2 Å². The molecule has 0 amide bonds. The molecule has 1 N–H and O–H groups in total. The molecule has 0 aromatic carbocycles. The van der Waals surface area contributed by atoms with E-state index in [0.29, 0.717) is 0 Å². The zero-order valence-corrected chi connectivity index (χ0v) is 14.3. The van der Waals surface area contributed by atoms with Crippen molar-refractivity contribution < 1.29 is 35.9 Å². The van der Waals surface area contributed by atoms with Gasteiger partial charge < -0.3 is 9.47 Å². The molecule has 1 aromatic heterocycles. The van der Waals surface area contributed by atoms with Gasteiger partial charge >= 0.3 is 21.5 Å². The van der Waals surface area contributed by atoms with Gasteiger partial charge in [-0.05, 0) is 19.8 Å². The predicted molar refractivity (Wildman–Crippen MR) is 78.5 cm³/mol. The first-order valence-corrected chi connectivity index (χ1v) is 8.81. The quantitative estimate of drug-likeness (QED) is 0.690. The van der Waals surface area contributed by atoms with Crippen LogP contribution in [0.15, 0.2) is 6.07 Å². The maximum Gasteiger partial charge on any atom is 0.511 e. The van der Waals surface area contributed by atoms with Crippen LogP contribution in [0.25, 0.3) is 0 Å². The van der Waals surface area contributed by atoms with E-state index in [-0.39, 0.29) is 22.7 Å². The number of alkyl halides is 3. The molecular formula is C12H13ClF3N3O5S. The summed E-state index contributed by atoms with van der Waals surface area (Å²) in [5, 5.41) is 6.79. The Labute approximate surface area is 145 Å². The average molecular weight is 404 g/mol. The van der Waals surface area contributed by atoms with Crippen molar-refractivity contribution in [3.8, 4) is 5.88 Å². The summed E-state index contributed by atoms with van der Waals surface area (Å²) in [5.41, 5.74) is -5.54. The lowest BCUT2D eigenvalue weighted by molar-refractivity contribution is -0.0451. The van der Waals surface area contributed by atoms with E-state index in [1.54, 1.807) is 0 Å². The summed E-state index contributed by atoms with van der Waals surface area (Å²) < 4.78 is 70.3. The van der Waals surface area contributed by atoms with Crippen LogP contribution < -0.4 is 9.46 Å². The van der Waals surface area contributed by atoms with E-state index in [0.717, 1.165) is 25.8 Å². The van der Waals surface area contributed by atoms with Gasteiger partial charge in [0.05, 0.1) is 6.04 Å². The second kappa shape index (κ2) is 7.30. The van der Waals surface area contributed by atoms with Crippen molar-refractivity contribution in [3.05, 3.63) is 16.8 Å². The van der Waals surface area contributed by atoms with E-state index < -0.39 is 34.1 Å². The molecule has 1 fully saturated rings. The molecule has 0 saturated heterocycles. The smallest absolute Gasteiger partial charge is 0.475 e. The number of carbonyl (C=O) groups excluding carboxylic acids is 1. The van der Waals surface area contributed by atoms with Gasteiger partial charge in [0.25, 0.3) is 0 Å². The van der Waals surface area contributed by atoms with Crippen LogP contribution in [0.5, 0.6) is 5.88 Å². The Bertz CT molecular complexity index is 755. The highest BCUT2D eigenvalue weighted by Gasteiger charge is 2.46. The van der Waals surface area contributed by atoms with Crippen LogP contribution in [-0.4, -0.2) is 48.8 Å². The van der Waals surface area contributed by atoms with E-state index in [1.807, 2.05) is 0 Å². The monoisotopic (exact) mass is 403 g/mol. The van der Waals surface area contributed by atoms with Crippen molar-refractivity contribution in [1.82, 2.24) is 14.9 Å². The van der Waals surface area contributed by atoms with Gasteiger partial charge in [0, 0.05) is 6.07 Å². The molecule has 0 radical (unpaired) electrons. The number of nitrogens with one attached hydrogen (secondary N) is 1. The lowest BCUT2D eigenvalue weighted by atomic mass is 10.3. The first-order valence-electron chi connectivity index (χ1n) is 6.95. The number of carbonyl (C=O) groups is 1. The third-order valence-electron chi connectivity index (χ3n) is 2.89. The minimum absolute atomic E-state index is 0.109. The summed E-state index contributed by atoms with van der Waals surface area (Å²) in [7, 11) is -5.50. The summed E-state index contributed by atoms with van der Waals surface area (Å²) in [6, 6.07) is -0.101. The van der Waals surface area contributed by atoms with Crippen LogP contribution in [0.4, 0.5) is 13.2 Å². The molecule has 1 aliphatic rings. The van der Waals surface area contributed by atoms with Crippen molar-refractivity contribution in [3.63, 3.8) is 0 Å². The molecule has 0 spiro atoms. The third kappa shape index (κ3) is 5.41. The molecule has 0 aliphatic heterocycles. The lowest BCUT2D eigenvalue weighted by Crippen LogP contribution is -2.43. The van der Waals surface area contributed by atoms with Gasteiger partial charge in [-0.25, -0.2) is 17.9 Å². The van der Waals surface area contributed by atoms with Gasteiger partial charge in [-0.15, -0.1) is 10.2 Å². The van der Waals surface area contributed by atoms with Gasteiger partial charge in [-0.3, -0.25) is 0 Å². The first-order chi connectivity index (χ1) is 11.5. The van der Waals surface area contributed by atoms with Gasteiger partial charge in [0.2, 0.25) is 5.88 Å². The minimum Gasteiger partial charge on any atom is -0.475 e. The molecule has 2 rings (SSSR count). The molecule has 1 aliphatic carbocycles. The van der Waals surface area contributed by atoms with Gasteiger partial charge in [-0.1, -0.05) is 11.6 Å². The molecule has 0 bridgehead atoms. The van der Waals surface area contributed by atoms with E-state index in [4.69, 9.17) is 21.1 Å². The Morgan fingerprint density at radius 3 is 2.64 bits per heavy atom. The minimum atomic E-state index is -5.50. The number of halogens is 4. The normalized spacial score (nSPS) is 16.4. The Kier molecular flexibility index (Phi) is 5.74. The van der Waals surface area contributed by atoms with Gasteiger partial charge in [0.1, 0.15) is 18.3 Å². The largest absolute Gasteiger partial charge is 0.511 e. The van der Waals surface area contributed by atoms with Crippen molar-refractivity contribution in [2.45, 2.75) is 37.4 Å². The van der Waals surface area contributed by atoms with E-state index >= 15 is 0 Å².